The van der Waals surface area contributed by atoms with Crippen molar-refractivity contribution in [2.75, 3.05) is 26.2 Å². The lowest BCUT2D eigenvalue weighted by molar-refractivity contribution is -0.134. The predicted octanol–water partition coefficient (Wildman–Crippen LogP) is 2.64. The van der Waals surface area contributed by atoms with Gasteiger partial charge in [-0.05, 0) is 43.3 Å². The molecule has 2 amide bonds. The Hall–Kier alpha value is -2.13. The van der Waals surface area contributed by atoms with Gasteiger partial charge in [0.25, 0.3) is 5.91 Å². The second-order valence-electron chi connectivity index (χ2n) is 6.86. The maximum absolute atomic E-state index is 12.8. The van der Waals surface area contributed by atoms with E-state index in [0.29, 0.717) is 10.0 Å². The van der Waals surface area contributed by atoms with Gasteiger partial charge in [0.05, 0.1) is 15.5 Å². The van der Waals surface area contributed by atoms with Crippen molar-refractivity contribution in [3.63, 3.8) is 0 Å². The maximum Gasteiger partial charge on any atom is 0.253 e. The molecule has 0 aromatic heterocycles. The summed E-state index contributed by atoms with van der Waals surface area (Å²) in [6.45, 7) is 2.40. The molecule has 1 saturated heterocycles. The number of hydrogen-bond acceptors (Lipinski definition) is 4. The van der Waals surface area contributed by atoms with E-state index in [4.69, 9.17) is 23.2 Å². The fourth-order valence-corrected chi connectivity index (χ4v) is 4.93. The zero-order valence-electron chi connectivity index (χ0n) is 16.2. The third-order valence-electron chi connectivity index (χ3n) is 4.84. The number of benzene rings is 2. The van der Waals surface area contributed by atoms with Crippen molar-refractivity contribution in [2.24, 2.45) is 0 Å². The lowest BCUT2D eigenvalue weighted by atomic mass is 10.2. The Morgan fingerprint density at radius 1 is 0.967 bits per heavy atom. The van der Waals surface area contributed by atoms with Crippen LogP contribution in [0.5, 0.6) is 0 Å². The smallest absolute Gasteiger partial charge is 0.253 e. The van der Waals surface area contributed by atoms with E-state index < -0.39 is 22.0 Å². The summed E-state index contributed by atoms with van der Waals surface area (Å²) in [5, 5.41) is 3.40. The Balaban J connectivity index is 1.59. The number of carbonyl (C=O) groups excluding carboxylic acids is 2. The molecule has 0 unspecified atom stereocenters. The van der Waals surface area contributed by atoms with Crippen LogP contribution in [0.2, 0.25) is 10.0 Å². The van der Waals surface area contributed by atoms with Crippen LogP contribution in [-0.4, -0.2) is 61.7 Å². The number of piperazine rings is 1. The fraction of sp³-hybridized carbons (Fsp3) is 0.300. The highest BCUT2D eigenvalue weighted by molar-refractivity contribution is 7.89. The molecule has 30 heavy (non-hydrogen) atoms. The normalized spacial score (nSPS) is 16.2. The molecule has 1 atom stereocenters. The minimum Gasteiger partial charge on any atom is -0.340 e. The second-order valence-corrected chi connectivity index (χ2v) is 9.64. The van der Waals surface area contributed by atoms with Crippen molar-refractivity contribution >= 4 is 45.0 Å². The SMILES string of the molecule is C[C@H](NC(=O)c1ccccc1Cl)C(=O)N1CCN(S(=O)(=O)c2ccc(Cl)cc2)CC1. The summed E-state index contributed by atoms with van der Waals surface area (Å²) >= 11 is 11.8. The molecule has 3 rings (SSSR count). The van der Waals surface area contributed by atoms with Gasteiger partial charge in [0.2, 0.25) is 15.9 Å². The number of rotatable bonds is 5. The van der Waals surface area contributed by atoms with Gasteiger partial charge in [-0.15, -0.1) is 0 Å². The van der Waals surface area contributed by atoms with Gasteiger partial charge in [-0.25, -0.2) is 8.42 Å². The van der Waals surface area contributed by atoms with Gasteiger partial charge in [-0.2, -0.15) is 4.31 Å². The van der Waals surface area contributed by atoms with Gasteiger partial charge in [0, 0.05) is 31.2 Å². The van der Waals surface area contributed by atoms with E-state index in [0.717, 1.165) is 0 Å². The fourth-order valence-electron chi connectivity index (χ4n) is 3.16. The Morgan fingerprint density at radius 3 is 2.17 bits per heavy atom. The first-order valence-electron chi connectivity index (χ1n) is 9.30. The zero-order chi connectivity index (χ0) is 21.9. The van der Waals surface area contributed by atoms with Gasteiger partial charge in [-0.1, -0.05) is 35.3 Å². The van der Waals surface area contributed by atoms with Crippen LogP contribution in [0.4, 0.5) is 0 Å². The number of amides is 2. The monoisotopic (exact) mass is 469 g/mol. The van der Waals surface area contributed by atoms with Crippen LogP contribution in [-0.2, 0) is 14.8 Å². The van der Waals surface area contributed by atoms with Gasteiger partial charge >= 0.3 is 0 Å². The van der Waals surface area contributed by atoms with E-state index in [9.17, 15) is 18.0 Å². The highest BCUT2D eigenvalue weighted by Gasteiger charge is 2.32. The molecule has 2 aromatic rings. The van der Waals surface area contributed by atoms with Crippen LogP contribution in [0.25, 0.3) is 0 Å². The largest absolute Gasteiger partial charge is 0.340 e. The molecule has 1 N–H and O–H groups in total. The Kier molecular flexibility index (Phi) is 7.02. The van der Waals surface area contributed by atoms with Crippen LogP contribution in [0.3, 0.4) is 0 Å². The van der Waals surface area contributed by atoms with Crippen molar-refractivity contribution in [1.29, 1.82) is 0 Å². The van der Waals surface area contributed by atoms with Gasteiger partial charge in [-0.3, -0.25) is 9.59 Å². The molecule has 10 heteroatoms. The molecule has 0 aliphatic carbocycles. The Labute approximate surface area is 185 Å². The van der Waals surface area contributed by atoms with Crippen LogP contribution >= 0.6 is 23.2 Å². The number of nitrogens with one attached hydrogen (secondary N) is 1. The van der Waals surface area contributed by atoms with Crippen molar-refractivity contribution < 1.29 is 18.0 Å². The summed E-state index contributed by atoms with van der Waals surface area (Å²) in [5.41, 5.74) is 0.290. The molecule has 2 aromatic carbocycles. The Bertz CT molecular complexity index is 1040. The van der Waals surface area contributed by atoms with Crippen molar-refractivity contribution in [3.8, 4) is 0 Å². The second kappa shape index (κ2) is 9.34. The third-order valence-corrected chi connectivity index (χ3v) is 7.33. The van der Waals surface area contributed by atoms with Crippen LogP contribution in [0.1, 0.15) is 17.3 Å². The number of sulfonamides is 1. The molecule has 1 fully saturated rings. The van der Waals surface area contributed by atoms with Crippen LogP contribution in [0, 0.1) is 0 Å². The summed E-state index contributed by atoms with van der Waals surface area (Å²) in [7, 11) is -3.66. The Morgan fingerprint density at radius 2 is 1.57 bits per heavy atom. The molecule has 1 aliphatic heterocycles. The number of nitrogens with zero attached hydrogens (tertiary/aromatic N) is 2. The minimum absolute atomic E-state index is 0.159. The van der Waals surface area contributed by atoms with E-state index in [1.165, 1.54) is 28.6 Å². The number of halogens is 2. The molecule has 7 nitrogen and oxygen atoms in total. The van der Waals surface area contributed by atoms with E-state index >= 15 is 0 Å². The highest BCUT2D eigenvalue weighted by atomic mass is 35.5. The first-order valence-corrected chi connectivity index (χ1v) is 11.5. The van der Waals surface area contributed by atoms with Crippen molar-refractivity contribution in [1.82, 2.24) is 14.5 Å². The molecule has 160 valence electrons. The molecular formula is C20H21Cl2N3O4S. The molecule has 1 aliphatic rings. The van der Waals surface area contributed by atoms with Gasteiger partial charge < -0.3 is 10.2 Å². The first kappa shape index (κ1) is 22.6. The molecule has 1 heterocycles. The molecule has 0 bridgehead atoms. The molecule has 0 radical (unpaired) electrons. The molecular weight excluding hydrogens is 449 g/mol. The topological polar surface area (TPSA) is 86.8 Å². The average molecular weight is 470 g/mol. The predicted molar refractivity (Wildman–Crippen MR) is 115 cm³/mol. The highest BCUT2D eigenvalue weighted by Crippen LogP contribution is 2.20. The summed E-state index contributed by atoms with van der Waals surface area (Å²) in [6, 6.07) is 11.8. The van der Waals surface area contributed by atoms with Crippen molar-refractivity contribution in [2.45, 2.75) is 17.9 Å². The van der Waals surface area contributed by atoms with Crippen molar-refractivity contribution in [3.05, 3.63) is 64.1 Å². The molecule has 0 spiro atoms. The average Bonchev–Trinajstić information content (AvgIpc) is 2.73. The third kappa shape index (κ3) is 4.95. The minimum atomic E-state index is -3.66. The van der Waals surface area contributed by atoms with E-state index in [-0.39, 0.29) is 42.5 Å². The number of carbonyl (C=O) groups is 2. The van der Waals surface area contributed by atoms with Crippen LogP contribution in [0.15, 0.2) is 53.4 Å². The zero-order valence-corrected chi connectivity index (χ0v) is 18.5. The van der Waals surface area contributed by atoms with Crippen LogP contribution < -0.4 is 5.32 Å². The summed E-state index contributed by atoms with van der Waals surface area (Å²) in [6.07, 6.45) is 0. The summed E-state index contributed by atoms with van der Waals surface area (Å²) in [5.74, 6) is -0.718. The molecule has 0 saturated carbocycles. The standard InChI is InChI=1S/C20H21Cl2N3O4S/c1-14(23-19(26)17-4-2-3-5-18(17)22)20(27)24-10-12-25(13-11-24)30(28,29)16-8-6-15(21)7-9-16/h2-9,14H,10-13H2,1H3,(H,23,26)/t14-/m0/s1. The lowest BCUT2D eigenvalue weighted by Crippen LogP contribution is -2.55. The van der Waals surface area contributed by atoms with Gasteiger partial charge in [0.1, 0.15) is 6.04 Å². The summed E-state index contributed by atoms with van der Waals surface area (Å²) < 4.78 is 26.8. The van der Waals surface area contributed by atoms with Gasteiger partial charge in [0.15, 0.2) is 0 Å². The lowest BCUT2D eigenvalue weighted by Gasteiger charge is -2.35. The first-order chi connectivity index (χ1) is 14.2. The van der Waals surface area contributed by atoms with E-state index in [1.54, 1.807) is 36.1 Å². The van der Waals surface area contributed by atoms with E-state index in [1.807, 2.05) is 0 Å². The summed E-state index contributed by atoms with van der Waals surface area (Å²) in [4.78, 5) is 26.8. The number of hydrogen-bond donors (Lipinski definition) is 1. The maximum atomic E-state index is 12.8. The van der Waals surface area contributed by atoms with E-state index in [2.05, 4.69) is 5.32 Å². The quantitative estimate of drug-likeness (QED) is 0.728.